The van der Waals surface area contributed by atoms with Gasteiger partial charge in [0.1, 0.15) is 18.2 Å². The van der Waals surface area contributed by atoms with Crippen LogP contribution in [0, 0.1) is 6.92 Å². The summed E-state index contributed by atoms with van der Waals surface area (Å²) in [7, 11) is -3.43. The Hall–Kier alpha value is -4.26. The number of carboxylic acid groups (broad SMARTS) is 1. The summed E-state index contributed by atoms with van der Waals surface area (Å²) in [4.78, 5) is 34.5. The molecule has 2 aliphatic heterocycles. The zero-order valence-corrected chi connectivity index (χ0v) is 26.3. The zero-order chi connectivity index (χ0) is 32.0. The van der Waals surface area contributed by atoms with Gasteiger partial charge in [0.2, 0.25) is 0 Å². The van der Waals surface area contributed by atoms with E-state index in [1.54, 1.807) is 29.2 Å². The number of carbonyl (C=O) groups excluding carboxylic acids is 1. The highest BCUT2D eigenvalue weighted by Gasteiger charge is 2.23. The van der Waals surface area contributed by atoms with Gasteiger partial charge in [-0.1, -0.05) is 12.1 Å². The van der Waals surface area contributed by atoms with Gasteiger partial charge in [0.05, 0.1) is 41.4 Å². The lowest BCUT2D eigenvalue weighted by molar-refractivity contribution is -0.134. The Labute approximate surface area is 262 Å². The monoisotopic (exact) mass is 634 g/mol. The molecule has 0 atom stereocenters. The molecule has 6 rings (SSSR count). The van der Waals surface area contributed by atoms with Gasteiger partial charge in [-0.15, -0.1) is 0 Å². The van der Waals surface area contributed by atoms with Crippen LogP contribution in [0.1, 0.15) is 35.1 Å². The predicted molar refractivity (Wildman–Crippen MR) is 170 cm³/mol. The number of aromatic nitrogens is 2. The quantitative estimate of drug-likeness (QED) is 0.306. The van der Waals surface area contributed by atoms with Crippen molar-refractivity contribution in [3.63, 3.8) is 0 Å². The molecule has 0 aliphatic carbocycles. The van der Waals surface area contributed by atoms with Gasteiger partial charge in [-0.05, 0) is 79.5 Å². The first kappa shape index (κ1) is 32.1. The van der Waals surface area contributed by atoms with E-state index in [-0.39, 0.29) is 16.6 Å². The summed E-state index contributed by atoms with van der Waals surface area (Å²) in [5.74, 6) is 0.724. The lowest BCUT2D eigenvalue weighted by atomic mass is 10.0. The number of ether oxygens (including phenoxy) is 2. The van der Waals surface area contributed by atoms with Crippen molar-refractivity contribution in [2.75, 3.05) is 51.8 Å². The van der Waals surface area contributed by atoms with Crippen LogP contribution in [0.4, 0.5) is 0 Å². The van der Waals surface area contributed by atoms with Gasteiger partial charge in [-0.25, -0.2) is 13.4 Å². The Balaban J connectivity index is 0.000000945. The van der Waals surface area contributed by atoms with Crippen LogP contribution in [0.25, 0.3) is 22.2 Å². The van der Waals surface area contributed by atoms with Crippen LogP contribution in [-0.4, -0.2) is 96.9 Å². The summed E-state index contributed by atoms with van der Waals surface area (Å²) in [6.45, 7) is 8.03. The number of rotatable bonds is 7. The first-order chi connectivity index (χ1) is 21.6. The van der Waals surface area contributed by atoms with Gasteiger partial charge in [0, 0.05) is 37.7 Å². The van der Waals surface area contributed by atoms with Crippen molar-refractivity contribution < 1.29 is 32.6 Å². The van der Waals surface area contributed by atoms with E-state index in [0.29, 0.717) is 44.9 Å². The van der Waals surface area contributed by atoms with Crippen LogP contribution in [0.5, 0.6) is 5.75 Å². The largest absolute Gasteiger partial charge is 0.491 e. The first-order valence-corrected chi connectivity index (χ1v) is 16.6. The molecule has 3 heterocycles. The molecule has 0 bridgehead atoms. The fourth-order valence-corrected chi connectivity index (χ4v) is 6.77. The summed E-state index contributed by atoms with van der Waals surface area (Å²) >= 11 is 0. The number of aromatic amines is 1. The number of nitrogens with one attached hydrogen (secondary N) is 1. The number of fused-ring (bicyclic) bond motifs is 2. The lowest BCUT2D eigenvalue weighted by Crippen LogP contribution is -2.37. The number of benzene rings is 3. The van der Waals surface area contributed by atoms with Crippen molar-refractivity contribution in [3.05, 3.63) is 77.6 Å². The number of morpholine rings is 1. The Morgan fingerprint density at radius 3 is 2.38 bits per heavy atom. The predicted octanol–water partition coefficient (Wildman–Crippen LogP) is 4.16. The average Bonchev–Trinajstić information content (AvgIpc) is 3.26. The SMILES string of the molecule is CC(=O)O.Cc1nc2ccc(-c3ccc4c(c3)CN(C(=O)c3ccc(S(=O)(=O)CCCN5CCOCC5)cc3)CCO4)cc2[nH]1. The van der Waals surface area contributed by atoms with Crippen molar-refractivity contribution in [3.8, 4) is 16.9 Å². The fraction of sp³-hybridized carbons (Fsp3) is 0.364. The van der Waals surface area contributed by atoms with E-state index in [4.69, 9.17) is 19.4 Å². The number of nitrogens with zero attached hydrogens (tertiary/aromatic N) is 3. The van der Waals surface area contributed by atoms with Gasteiger partial charge in [-0.2, -0.15) is 0 Å². The first-order valence-electron chi connectivity index (χ1n) is 14.9. The molecule has 0 radical (unpaired) electrons. The molecule has 0 spiro atoms. The maximum Gasteiger partial charge on any atom is 0.300 e. The number of imidazole rings is 1. The second-order valence-corrected chi connectivity index (χ2v) is 13.2. The molecule has 45 heavy (non-hydrogen) atoms. The number of H-pyrrole nitrogens is 1. The molecular weight excluding hydrogens is 596 g/mol. The molecule has 0 unspecified atom stereocenters. The number of carbonyl (C=O) groups is 2. The number of sulfone groups is 1. The van der Waals surface area contributed by atoms with Crippen molar-refractivity contribution in [1.29, 1.82) is 0 Å². The molecule has 2 N–H and O–H groups in total. The summed E-state index contributed by atoms with van der Waals surface area (Å²) in [5, 5.41) is 7.42. The van der Waals surface area contributed by atoms with E-state index < -0.39 is 15.8 Å². The molecule has 3 aromatic carbocycles. The highest BCUT2D eigenvalue weighted by Crippen LogP contribution is 2.31. The molecule has 1 saturated heterocycles. The Morgan fingerprint density at radius 1 is 0.956 bits per heavy atom. The standard InChI is InChI=1S/C31H34N4O5S.C2H4O2/c1-22-32-28-9-5-25(20-29(28)33-22)24-6-10-30-26(19-24)21-35(14-17-40-30)31(36)23-3-7-27(8-4-23)41(37,38)18-2-11-34-12-15-39-16-13-34;1-2(3)4/h3-10,19-20H,2,11-18,21H2,1H3,(H,32,33);1H3,(H,3,4). The second-order valence-electron chi connectivity index (χ2n) is 11.1. The van der Waals surface area contributed by atoms with Crippen LogP contribution in [-0.2, 0) is 25.9 Å². The van der Waals surface area contributed by atoms with E-state index in [2.05, 4.69) is 27.0 Å². The highest BCUT2D eigenvalue weighted by molar-refractivity contribution is 7.91. The third kappa shape index (κ3) is 8.27. The Kier molecular flexibility index (Phi) is 10.2. The number of aryl methyl sites for hydroxylation is 1. The average molecular weight is 635 g/mol. The number of aliphatic carboxylic acids is 1. The van der Waals surface area contributed by atoms with E-state index in [0.717, 1.165) is 65.9 Å². The molecule has 1 fully saturated rings. The minimum absolute atomic E-state index is 0.0765. The highest BCUT2D eigenvalue weighted by atomic mass is 32.2. The summed E-state index contributed by atoms with van der Waals surface area (Å²) < 4.78 is 37.1. The van der Waals surface area contributed by atoms with Gasteiger partial charge >= 0.3 is 0 Å². The maximum absolute atomic E-state index is 13.5. The fourth-order valence-electron chi connectivity index (χ4n) is 5.47. The van der Waals surface area contributed by atoms with Crippen LogP contribution in [0.15, 0.2) is 65.6 Å². The molecular formula is C33H38N4O7S. The van der Waals surface area contributed by atoms with E-state index in [1.165, 1.54) is 0 Å². The van der Waals surface area contributed by atoms with Gasteiger partial charge in [-0.3, -0.25) is 14.5 Å². The Bertz CT molecular complexity index is 1760. The third-order valence-electron chi connectivity index (χ3n) is 7.71. The van der Waals surface area contributed by atoms with Crippen molar-refractivity contribution in [1.82, 2.24) is 19.8 Å². The van der Waals surface area contributed by atoms with Crippen LogP contribution in [0.3, 0.4) is 0 Å². The smallest absolute Gasteiger partial charge is 0.300 e. The minimum atomic E-state index is -3.43. The normalized spacial score (nSPS) is 15.4. The topological polar surface area (TPSA) is 142 Å². The molecule has 11 nitrogen and oxygen atoms in total. The number of hydrogen-bond acceptors (Lipinski definition) is 8. The summed E-state index contributed by atoms with van der Waals surface area (Å²) in [5.41, 5.74) is 5.36. The molecule has 12 heteroatoms. The molecule has 2 aliphatic rings. The van der Waals surface area contributed by atoms with E-state index in [9.17, 15) is 13.2 Å². The molecule has 4 aromatic rings. The summed E-state index contributed by atoms with van der Waals surface area (Å²) in [6.07, 6.45) is 0.563. The molecule has 0 saturated carbocycles. The van der Waals surface area contributed by atoms with E-state index in [1.807, 2.05) is 31.2 Å². The van der Waals surface area contributed by atoms with Crippen LogP contribution >= 0.6 is 0 Å². The third-order valence-corrected chi connectivity index (χ3v) is 9.53. The lowest BCUT2D eigenvalue weighted by Gasteiger charge is -2.26. The molecule has 1 amide bonds. The minimum Gasteiger partial charge on any atom is -0.491 e. The number of carboxylic acids is 1. The summed E-state index contributed by atoms with van der Waals surface area (Å²) in [6, 6.07) is 18.5. The molecule has 238 valence electrons. The van der Waals surface area contributed by atoms with Crippen molar-refractivity contribution >= 4 is 32.7 Å². The Morgan fingerprint density at radius 2 is 1.64 bits per heavy atom. The number of hydrogen-bond donors (Lipinski definition) is 2. The van der Waals surface area contributed by atoms with Gasteiger partial charge in [0.25, 0.3) is 11.9 Å². The van der Waals surface area contributed by atoms with Gasteiger partial charge < -0.3 is 24.5 Å². The van der Waals surface area contributed by atoms with Crippen LogP contribution < -0.4 is 4.74 Å². The van der Waals surface area contributed by atoms with Gasteiger partial charge in [0.15, 0.2) is 9.84 Å². The van der Waals surface area contributed by atoms with Crippen LogP contribution in [0.2, 0.25) is 0 Å². The zero-order valence-electron chi connectivity index (χ0n) is 25.5. The number of amides is 1. The second kappa shape index (κ2) is 14.2. The maximum atomic E-state index is 13.5. The van der Waals surface area contributed by atoms with Crippen molar-refractivity contribution in [2.24, 2.45) is 0 Å². The molecule has 1 aromatic heterocycles. The van der Waals surface area contributed by atoms with Crippen molar-refractivity contribution in [2.45, 2.75) is 31.7 Å². The van der Waals surface area contributed by atoms with E-state index >= 15 is 0 Å².